The number of rotatable bonds is 4. The number of aliphatic carboxylic acids is 2. The van der Waals surface area contributed by atoms with Gasteiger partial charge in [0.2, 0.25) is 11.8 Å². The van der Waals surface area contributed by atoms with Crippen LogP contribution in [-0.4, -0.2) is 63.5 Å². The number of carboxylic acids is 2. The van der Waals surface area contributed by atoms with E-state index in [1.165, 1.54) is 9.80 Å². The molecule has 2 N–H and O–H groups in total. The summed E-state index contributed by atoms with van der Waals surface area (Å²) in [4.78, 5) is 47.4. The molecule has 2 amide bonds. The van der Waals surface area contributed by atoms with Crippen LogP contribution in [0.2, 0.25) is 0 Å². The van der Waals surface area contributed by atoms with Crippen LogP contribution in [0.15, 0.2) is 0 Å². The minimum atomic E-state index is -1.04. The van der Waals surface area contributed by atoms with Crippen LogP contribution in [0.5, 0.6) is 0 Å². The Morgan fingerprint density at radius 2 is 1.32 bits per heavy atom. The Morgan fingerprint density at radius 3 is 1.58 bits per heavy atom. The zero-order valence-electron chi connectivity index (χ0n) is 10.1. The second-order valence-electron chi connectivity index (χ2n) is 4.85. The maximum absolute atomic E-state index is 11.6. The average Bonchev–Trinajstić information content (AvgIpc) is 2.85. The van der Waals surface area contributed by atoms with Gasteiger partial charge in [-0.1, -0.05) is 0 Å². The van der Waals surface area contributed by atoms with E-state index < -0.39 is 23.8 Å². The molecule has 2 atom stereocenters. The second-order valence-corrected chi connectivity index (χ2v) is 4.85. The van der Waals surface area contributed by atoms with Crippen LogP contribution in [-0.2, 0) is 19.2 Å². The van der Waals surface area contributed by atoms with Crippen molar-refractivity contribution >= 4 is 23.8 Å². The second kappa shape index (κ2) is 4.87. The molecule has 0 aromatic heterocycles. The lowest BCUT2D eigenvalue weighted by Gasteiger charge is -2.24. The third-order valence-corrected chi connectivity index (χ3v) is 3.47. The Balaban J connectivity index is 1.95. The number of hydrogen-bond donors (Lipinski definition) is 2. The van der Waals surface area contributed by atoms with Crippen LogP contribution in [0.3, 0.4) is 0 Å². The summed E-state index contributed by atoms with van der Waals surface area (Å²) in [5.74, 6) is -4.21. The van der Waals surface area contributed by atoms with Crippen LogP contribution < -0.4 is 0 Å². The molecule has 104 valence electrons. The van der Waals surface area contributed by atoms with Crippen LogP contribution in [0.1, 0.15) is 12.8 Å². The van der Waals surface area contributed by atoms with Crippen LogP contribution in [0.25, 0.3) is 0 Å². The van der Waals surface area contributed by atoms with Gasteiger partial charge in [-0.25, -0.2) is 0 Å². The smallest absolute Gasteiger partial charge is 0.308 e. The average molecular weight is 270 g/mol. The number of carbonyl (C=O) groups excluding carboxylic acids is 2. The molecule has 2 heterocycles. The van der Waals surface area contributed by atoms with Crippen molar-refractivity contribution < 1.29 is 29.4 Å². The van der Waals surface area contributed by atoms with E-state index in [0.29, 0.717) is 0 Å². The van der Waals surface area contributed by atoms with Crippen molar-refractivity contribution in [1.29, 1.82) is 0 Å². The lowest BCUT2D eigenvalue weighted by molar-refractivity contribution is -0.142. The quantitative estimate of drug-likeness (QED) is 0.663. The summed E-state index contributed by atoms with van der Waals surface area (Å²) in [7, 11) is 0. The maximum Gasteiger partial charge on any atom is 0.308 e. The molecule has 0 aromatic carbocycles. The summed E-state index contributed by atoms with van der Waals surface area (Å²) in [6.45, 7) is 0.108. The Bertz CT molecular complexity index is 408. The highest BCUT2D eigenvalue weighted by molar-refractivity contribution is 5.88. The van der Waals surface area contributed by atoms with E-state index in [1.54, 1.807) is 0 Å². The maximum atomic E-state index is 11.6. The Kier molecular flexibility index (Phi) is 3.41. The lowest BCUT2D eigenvalue weighted by Crippen LogP contribution is -2.40. The fourth-order valence-corrected chi connectivity index (χ4v) is 2.35. The topological polar surface area (TPSA) is 115 Å². The summed E-state index contributed by atoms with van der Waals surface area (Å²) >= 11 is 0. The minimum Gasteiger partial charge on any atom is -0.481 e. The fraction of sp³-hybridized carbons (Fsp3) is 0.636. The molecule has 2 saturated heterocycles. The first kappa shape index (κ1) is 13.3. The monoisotopic (exact) mass is 270 g/mol. The summed E-state index contributed by atoms with van der Waals surface area (Å²) in [6.07, 6.45) is -0.139. The van der Waals surface area contributed by atoms with Gasteiger partial charge in [-0.05, 0) is 0 Å². The Labute approximate surface area is 108 Å². The molecule has 8 heteroatoms. The third kappa shape index (κ3) is 2.67. The van der Waals surface area contributed by atoms with E-state index in [9.17, 15) is 19.2 Å². The highest BCUT2D eigenvalue weighted by Gasteiger charge is 2.39. The van der Waals surface area contributed by atoms with Gasteiger partial charge in [0.15, 0.2) is 0 Å². The standard InChI is InChI=1S/C11H14N2O6/c14-8-1-6(10(16)17)3-12(8)5-13-4-7(11(18)19)2-9(13)15/h6-7H,1-5H2,(H,16,17)(H,18,19). The first-order valence-corrected chi connectivity index (χ1v) is 5.89. The Hall–Kier alpha value is -2.12. The van der Waals surface area contributed by atoms with Gasteiger partial charge in [-0.2, -0.15) is 0 Å². The first-order chi connectivity index (χ1) is 8.88. The zero-order valence-corrected chi connectivity index (χ0v) is 10.1. The van der Waals surface area contributed by atoms with Crippen molar-refractivity contribution in [2.45, 2.75) is 12.8 Å². The van der Waals surface area contributed by atoms with Gasteiger partial charge >= 0.3 is 11.9 Å². The molecule has 0 aromatic rings. The highest BCUT2D eigenvalue weighted by atomic mass is 16.4. The summed E-state index contributed by atoms with van der Waals surface area (Å²) in [5, 5.41) is 17.7. The molecule has 0 bridgehead atoms. The van der Waals surface area contributed by atoms with Gasteiger partial charge in [-0.15, -0.1) is 0 Å². The summed E-state index contributed by atoms with van der Waals surface area (Å²) in [6, 6.07) is 0. The molecule has 8 nitrogen and oxygen atoms in total. The van der Waals surface area contributed by atoms with Crippen molar-refractivity contribution in [2.75, 3.05) is 19.8 Å². The molecule has 0 aliphatic carbocycles. The van der Waals surface area contributed by atoms with E-state index in [2.05, 4.69) is 0 Å². The van der Waals surface area contributed by atoms with Crippen LogP contribution >= 0.6 is 0 Å². The van der Waals surface area contributed by atoms with Crippen LogP contribution in [0.4, 0.5) is 0 Å². The van der Waals surface area contributed by atoms with Gasteiger partial charge < -0.3 is 20.0 Å². The number of likely N-dealkylation sites (tertiary alicyclic amines) is 2. The van der Waals surface area contributed by atoms with E-state index in [1.807, 2.05) is 0 Å². The van der Waals surface area contributed by atoms with E-state index in [4.69, 9.17) is 10.2 Å². The predicted octanol–water partition coefficient (Wildman–Crippen LogP) is -1.19. The van der Waals surface area contributed by atoms with Gasteiger partial charge in [0.1, 0.15) is 0 Å². The zero-order chi connectivity index (χ0) is 14.2. The number of amides is 2. The largest absolute Gasteiger partial charge is 0.481 e. The molecule has 2 fully saturated rings. The molecule has 2 aliphatic heterocycles. The van der Waals surface area contributed by atoms with Crippen molar-refractivity contribution in [2.24, 2.45) is 11.8 Å². The molecular formula is C11H14N2O6. The molecule has 2 rings (SSSR count). The molecule has 0 radical (unpaired) electrons. The highest BCUT2D eigenvalue weighted by Crippen LogP contribution is 2.22. The molecule has 19 heavy (non-hydrogen) atoms. The number of hydrogen-bond acceptors (Lipinski definition) is 4. The van der Waals surface area contributed by atoms with Gasteiger partial charge in [0.25, 0.3) is 0 Å². The fourth-order valence-electron chi connectivity index (χ4n) is 2.35. The summed E-state index contributed by atoms with van der Waals surface area (Å²) in [5.41, 5.74) is 0. The van der Waals surface area contributed by atoms with Crippen molar-refractivity contribution in [3.05, 3.63) is 0 Å². The third-order valence-electron chi connectivity index (χ3n) is 3.47. The first-order valence-electron chi connectivity index (χ1n) is 5.89. The predicted molar refractivity (Wildman–Crippen MR) is 59.8 cm³/mol. The van der Waals surface area contributed by atoms with E-state index >= 15 is 0 Å². The normalized spacial score (nSPS) is 27.2. The molecular weight excluding hydrogens is 256 g/mol. The molecule has 0 spiro atoms. The number of carbonyl (C=O) groups is 4. The number of nitrogens with zero attached hydrogens (tertiary/aromatic N) is 2. The molecule has 2 aliphatic rings. The molecule has 2 unspecified atom stereocenters. The van der Waals surface area contributed by atoms with Crippen molar-refractivity contribution in [3.63, 3.8) is 0 Å². The van der Waals surface area contributed by atoms with Gasteiger partial charge in [0.05, 0.1) is 18.5 Å². The molecule has 0 saturated carbocycles. The van der Waals surface area contributed by atoms with Crippen molar-refractivity contribution in [3.8, 4) is 0 Å². The lowest BCUT2D eigenvalue weighted by atomic mass is 10.1. The SMILES string of the molecule is O=C(O)C1CC(=O)N(CN2CC(C(=O)O)CC2=O)C1. The van der Waals surface area contributed by atoms with E-state index in [0.717, 1.165) is 0 Å². The number of carboxylic acid groups (broad SMARTS) is 2. The van der Waals surface area contributed by atoms with Crippen molar-refractivity contribution in [1.82, 2.24) is 9.80 Å². The Morgan fingerprint density at radius 1 is 0.947 bits per heavy atom. The summed E-state index contributed by atoms with van der Waals surface area (Å²) < 4.78 is 0. The van der Waals surface area contributed by atoms with Gasteiger partial charge in [0, 0.05) is 25.9 Å². The minimum absolute atomic E-state index is 0.0226. The van der Waals surface area contributed by atoms with Crippen LogP contribution in [0, 0.1) is 11.8 Å². The van der Waals surface area contributed by atoms with Gasteiger partial charge in [-0.3, -0.25) is 19.2 Å². The van der Waals surface area contributed by atoms with E-state index in [-0.39, 0.29) is 44.4 Å².